The fourth-order valence-corrected chi connectivity index (χ4v) is 9.11. The van der Waals surface area contributed by atoms with Crippen LogP contribution < -0.4 is 5.30 Å². The Hall–Kier alpha value is -5.10. The van der Waals surface area contributed by atoms with Gasteiger partial charge in [0.25, 0.3) is 0 Å². The molecular formula is C45H38NP. The predicted octanol–water partition coefficient (Wildman–Crippen LogP) is 12.3. The molecule has 47 heavy (non-hydrogen) atoms. The van der Waals surface area contributed by atoms with Crippen LogP contribution in [0.1, 0.15) is 54.5 Å². The highest BCUT2D eigenvalue weighted by Crippen LogP contribution is 2.57. The molecule has 0 aromatic heterocycles. The van der Waals surface area contributed by atoms with E-state index in [1.54, 1.807) is 0 Å². The summed E-state index contributed by atoms with van der Waals surface area (Å²) in [4.78, 5) is 5.16. The summed E-state index contributed by atoms with van der Waals surface area (Å²) < 4.78 is 0. The third-order valence-corrected chi connectivity index (χ3v) is 11.3. The van der Waals surface area contributed by atoms with Crippen LogP contribution in [0.3, 0.4) is 0 Å². The fourth-order valence-electron chi connectivity index (χ4n) is 6.70. The van der Waals surface area contributed by atoms with Crippen molar-refractivity contribution < 1.29 is 0 Å². The standard InChI is InChI=1S/C45H38NP/c1-4-17-34-19-12-13-24-39(34)33(3)47(37-22-10-8-6-5-7-9-11-23-37)38-30-28-35(29-31-38)40-25-14-18-32(2)46-45-42-27-16-21-36-20-15-26-41(43(36)42)44(40)45/h4-6,8-21,23-31H,3,7,22H2,1-2H3/b6-5-,10-8-,11-9-,17-4-,18-14-,25-14?,32-18?,37-23+,40-25-,44-40?,46-32?,46-45?. The summed E-state index contributed by atoms with van der Waals surface area (Å²) in [6.07, 6.45) is 28.1. The molecular weight excluding hydrogens is 585 g/mol. The largest absolute Gasteiger partial charge is 0.252 e. The fraction of sp³-hybridized carbons (Fsp3) is 0.0889. The molecule has 4 aromatic rings. The number of aliphatic imine (C=N–C) groups is 1. The summed E-state index contributed by atoms with van der Waals surface area (Å²) in [5, 5.41) is 6.40. The summed E-state index contributed by atoms with van der Waals surface area (Å²) in [7, 11) is -0.871. The van der Waals surface area contributed by atoms with Gasteiger partial charge in [0.2, 0.25) is 0 Å². The molecule has 228 valence electrons. The maximum atomic E-state index is 5.16. The van der Waals surface area contributed by atoms with Gasteiger partial charge in [-0.25, -0.2) is 0 Å². The van der Waals surface area contributed by atoms with Gasteiger partial charge < -0.3 is 0 Å². The van der Waals surface area contributed by atoms with Crippen molar-refractivity contribution in [2.75, 3.05) is 0 Å². The van der Waals surface area contributed by atoms with Crippen molar-refractivity contribution in [1.82, 2.24) is 0 Å². The van der Waals surface area contributed by atoms with Crippen molar-refractivity contribution in [3.05, 3.63) is 191 Å². The first kappa shape index (κ1) is 30.5. The number of rotatable bonds is 6. The molecule has 4 aromatic carbocycles. The molecule has 0 fully saturated rings. The SMILES string of the molecule is C=C(c1ccccc1/C=C\C)P(/C1=C/C=C\C/C=C\C=C/C1)c1ccc(/C2=C/C=C\C(C)=NC3=C2c2cccc4cccc3c24)cc1. The molecule has 0 N–H and O–H groups in total. The van der Waals surface area contributed by atoms with Crippen molar-refractivity contribution in [3.63, 3.8) is 0 Å². The number of benzene rings is 4. The third kappa shape index (κ3) is 6.08. The van der Waals surface area contributed by atoms with E-state index in [2.05, 4.69) is 172 Å². The van der Waals surface area contributed by atoms with Gasteiger partial charge in [0.05, 0.1) is 5.70 Å². The first-order chi connectivity index (χ1) is 23.1. The number of hydrogen-bond donors (Lipinski definition) is 0. The normalized spacial score (nSPS) is 21.4. The predicted molar refractivity (Wildman–Crippen MR) is 209 cm³/mol. The zero-order valence-corrected chi connectivity index (χ0v) is 27.9. The topological polar surface area (TPSA) is 12.4 Å². The van der Waals surface area contributed by atoms with Crippen LogP contribution in [0.15, 0.2) is 169 Å². The van der Waals surface area contributed by atoms with Gasteiger partial charge in [0.15, 0.2) is 0 Å². The Bertz CT molecular complexity index is 2150. The van der Waals surface area contributed by atoms with Gasteiger partial charge >= 0.3 is 0 Å². The second-order valence-electron chi connectivity index (χ2n) is 11.9. The van der Waals surface area contributed by atoms with Crippen LogP contribution in [-0.2, 0) is 0 Å². The van der Waals surface area contributed by atoms with Crippen molar-refractivity contribution in [1.29, 1.82) is 0 Å². The van der Waals surface area contributed by atoms with Crippen LogP contribution in [0, 0.1) is 0 Å². The minimum Gasteiger partial charge on any atom is -0.252 e. The smallest absolute Gasteiger partial charge is 0.0796 e. The molecule has 0 bridgehead atoms. The number of fused-ring (bicyclic) bond motifs is 2. The highest BCUT2D eigenvalue weighted by atomic mass is 31.1. The van der Waals surface area contributed by atoms with Gasteiger partial charge in [-0.1, -0.05) is 158 Å². The Morgan fingerprint density at radius 1 is 0.787 bits per heavy atom. The Kier molecular flexibility index (Phi) is 8.92. The van der Waals surface area contributed by atoms with Crippen molar-refractivity contribution in [3.8, 4) is 0 Å². The van der Waals surface area contributed by atoms with E-state index in [0.29, 0.717) is 0 Å². The van der Waals surface area contributed by atoms with E-state index in [0.717, 1.165) is 24.3 Å². The first-order valence-corrected chi connectivity index (χ1v) is 17.7. The van der Waals surface area contributed by atoms with Crippen LogP contribution in [-0.4, -0.2) is 5.71 Å². The Balaban J connectivity index is 1.34. The average Bonchev–Trinajstić information content (AvgIpc) is 3.39. The Morgan fingerprint density at radius 3 is 2.38 bits per heavy atom. The Labute approximate surface area is 280 Å². The van der Waals surface area contributed by atoms with E-state index >= 15 is 0 Å². The quantitative estimate of drug-likeness (QED) is 0.190. The molecule has 7 rings (SSSR count). The zero-order valence-electron chi connectivity index (χ0n) is 27.0. The van der Waals surface area contributed by atoms with Crippen LogP contribution in [0.4, 0.5) is 0 Å². The van der Waals surface area contributed by atoms with E-state index in [1.807, 2.05) is 0 Å². The number of hydrogen-bond acceptors (Lipinski definition) is 1. The van der Waals surface area contributed by atoms with Gasteiger partial charge in [-0.05, 0) is 95.2 Å². The van der Waals surface area contributed by atoms with Gasteiger partial charge in [0, 0.05) is 16.8 Å². The summed E-state index contributed by atoms with van der Waals surface area (Å²) in [6.45, 7) is 8.95. The molecule has 1 heterocycles. The molecule has 0 saturated carbocycles. The number of allylic oxidation sites excluding steroid dienone is 14. The lowest BCUT2D eigenvalue weighted by atomic mass is 9.91. The van der Waals surface area contributed by atoms with Gasteiger partial charge in [-0.3, -0.25) is 4.99 Å². The highest BCUT2D eigenvalue weighted by Gasteiger charge is 2.28. The molecule has 0 spiro atoms. The lowest BCUT2D eigenvalue weighted by Gasteiger charge is -2.25. The van der Waals surface area contributed by atoms with E-state index < -0.39 is 7.92 Å². The summed E-state index contributed by atoms with van der Waals surface area (Å²) in [5.41, 5.74) is 10.5. The lowest BCUT2D eigenvalue weighted by Crippen LogP contribution is -2.05. The van der Waals surface area contributed by atoms with Gasteiger partial charge in [-0.2, -0.15) is 0 Å². The van der Waals surface area contributed by atoms with Gasteiger partial charge in [-0.15, -0.1) is 0 Å². The second kappa shape index (κ2) is 13.7. The lowest BCUT2D eigenvalue weighted by molar-refractivity contribution is 1.33. The molecule has 1 atom stereocenters. The first-order valence-electron chi connectivity index (χ1n) is 16.3. The molecule has 3 aliphatic rings. The summed E-state index contributed by atoms with van der Waals surface area (Å²) in [5.74, 6) is 0. The van der Waals surface area contributed by atoms with Crippen molar-refractivity contribution in [2.45, 2.75) is 26.7 Å². The molecule has 2 aliphatic carbocycles. The van der Waals surface area contributed by atoms with E-state index in [-0.39, 0.29) is 0 Å². The molecule has 1 nitrogen and oxygen atoms in total. The molecule has 2 heteroatoms. The van der Waals surface area contributed by atoms with Gasteiger partial charge in [0.1, 0.15) is 0 Å². The van der Waals surface area contributed by atoms with Crippen LogP contribution in [0.2, 0.25) is 0 Å². The summed E-state index contributed by atoms with van der Waals surface area (Å²) >= 11 is 0. The van der Waals surface area contributed by atoms with Crippen molar-refractivity contribution >= 4 is 57.9 Å². The molecule has 0 radical (unpaired) electrons. The molecule has 1 aliphatic heterocycles. The Morgan fingerprint density at radius 2 is 1.55 bits per heavy atom. The molecule has 0 amide bonds. The molecule has 1 unspecified atom stereocenters. The average molecular weight is 624 g/mol. The highest BCUT2D eigenvalue weighted by molar-refractivity contribution is 7.79. The number of nitrogens with zero attached hydrogens (tertiary/aromatic N) is 1. The van der Waals surface area contributed by atoms with Crippen molar-refractivity contribution in [2.24, 2.45) is 4.99 Å². The second-order valence-corrected chi connectivity index (χ2v) is 14.2. The minimum absolute atomic E-state index is 0.871. The van der Waals surface area contributed by atoms with E-state index in [9.17, 15) is 0 Å². The van der Waals surface area contributed by atoms with Crippen LogP contribution in [0.5, 0.6) is 0 Å². The van der Waals surface area contributed by atoms with Crippen LogP contribution in [0.25, 0.3) is 39.0 Å². The zero-order chi connectivity index (χ0) is 32.2. The maximum Gasteiger partial charge on any atom is 0.0796 e. The van der Waals surface area contributed by atoms with E-state index in [4.69, 9.17) is 11.6 Å². The summed E-state index contributed by atoms with van der Waals surface area (Å²) in [6, 6.07) is 31.1. The van der Waals surface area contributed by atoms with Crippen LogP contribution >= 0.6 is 7.92 Å². The van der Waals surface area contributed by atoms with E-state index in [1.165, 1.54) is 65.7 Å². The monoisotopic (exact) mass is 623 g/mol. The maximum absolute atomic E-state index is 5.16. The molecule has 0 saturated heterocycles. The third-order valence-electron chi connectivity index (χ3n) is 8.84. The minimum atomic E-state index is -0.871.